The molecule has 2 atom stereocenters. The van der Waals surface area contributed by atoms with Gasteiger partial charge in [-0.3, -0.25) is 9.48 Å². The quantitative estimate of drug-likeness (QED) is 0.463. The number of aryl methyl sites for hydroxylation is 1. The van der Waals surface area contributed by atoms with Gasteiger partial charge in [0.1, 0.15) is 5.82 Å². The van der Waals surface area contributed by atoms with Crippen molar-refractivity contribution >= 4 is 33.5 Å². The SMILES string of the molecule is C[C@H]1OC[C@@H](N(C)C(=O)c2ccc3nc(N)c4cnn(C)c4c3c2)c2ccc(C(F)(F)F)cc21. The lowest BCUT2D eigenvalue weighted by atomic mass is 9.91. The maximum Gasteiger partial charge on any atom is 0.416 e. The van der Waals surface area contributed by atoms with Crippen molar-refractivity contribution in [3.63, 3.8) is 0 Å². The summed E-state index contributed by atoms with van der Waals surface area (Å²) in [5, 5.41) is 5.67. The van der Waals surface area contributed by atoms with Gasteiger partial charge in [0.25, 0.3) is 5.91 Å². The van der Waals surface area contributed by atoms with E-state index < -0.39 is 23.9 Å². The van der Waals surface area contributed by atoms with Gasteiger partial charge in [-0.25, -0.2) is 4.98 Å². The molecule has 3 heterocycles. The van der Waals surface area contributed by atoms with Gasteiger partial charge in [0.05, 0.1) is 46.9 Å². The summed E-state index contributed by atoms with van der Waals surface area (Å²) >= 11 is 0. The van der Waals surface area contributed by atoms with E-state index >= 15 is 0 Å². The molecule has 0 saturated carbocycles. The maximum absolute atomic E-state index is 13.5. The van der Waals surface area contributed by atoms with Crippen molar-refractivity contribution in [1.82, 2.24) is 19.7 Å². The Kier molecular flexibility index (Phi) is 5.01. The number of nitrogens with zero attached hydrogens (tertiary/aromatic N) is 4. The van der Waals surface area contributed by atoms with Crippen LogP contribution in [0.4, 0.5) is 19.0 Å². The second-order valence-electron chi connectivity index (χ2n) is 8.51. The highest BCUT2D eigenvalue weighted by molar-refractivity contribution is 6.10. The van der Waals surface area contributed by atoms with Crippen LogP contribution >= 0.6 is 0 Å². The molecule has 34 heavy (non-hydrogen) atoms. The molecule has 5 rings (SSSR count). The van der Waals surface area contributed by atoms with Crippen LogP contribution in [0.5, 0.6) is 0 Å². The first-order chi connectivity index (χ1) is 16.1. The number of rotatable bonds is 2. The van der Waals surface area contributed by atoms with Gasteiger partial charge < -0.3 is 15.4 Å². The van der Waals surface area contributed by atoms with Crippen molar-refractivity contribution in [2.75, 3.05) is 19.4 Å². The molecule has 0 bridgehead atoms. The number of amides is 1. The summed E-state index contributed by atoms with van der Waals surface area (Å²) in [5.74, 6) is 0.0677. The Morgan fingerprint density at radius 1 is 1.18 bits per heavy atom. The number of benzene rings is 2. The largest absolute Gasteiger partial charge is 0.416 e. The van der Waals surface area contributed by atoms with Crippen LogP contribution < -0.4 is 5.73 Å². The number of hydrogen-bond donors (Lipinski definition) is 1. The molecule has 0 fully saturated rings. The molecule has 0 spiro atoms. The molecule has 2 aromatic carbocycles. The van der Waals surface area contributed by atoms with Crippen molar-refractivity contribution in [3.05, 3.63) is 64.8 Å². The summed E-state index contributed by atoms with van der Waals surface area (Å²) in [4.78, 5) is 19.4. The fraction of sp³-hybridized carbons (Fsp3) is 0.292. The Morgan fingerprint density at radius 3 is 2.68 bits per heavy atom. The highest BCUT2D eigenvalue weighted by Crippen LogP contribution is 2.39. The van der Waals surface area contributed by atoms with Crippen LogP contribution in [0.2, 0.25) is 0 Å². The highest BCUT2D eigenvalue weighted by atomic mass is 19.4. The summed E-state index contributed by atoms with van der Waals surface area (Å²) in [7, 11) is 3.41. The molecule has 0 aliphatic carbocycles. The number of carbonyl (C=O) groups excluding carboxylic acids is 1. The van der Waals surface area contributed by atoms with Crippen molar-refractivity contribution in [3.8, 4) is 0 Å². The van der Waals surface area contributed by atoms with Gasteiger partial charge in [0, 0.05) is 25.0 Å². The number of anilines is 1. The van der Waals surface area contributed by atoms with E-state index in [0.717, 1.165) is 23.0 Å². The Balaban J connectivity index is 1.54. The molecule has 1 amide bonds. The number of pyridine rings is 1. The lowest BCUT2D eigenvalue weighted by Crippen LogP contribution is -2.37. The number of aromatic nitrogens is 3. The van der Waals surface area contributed by atoms with Gasteiger partial charge in [-0.15, -0.1) is 0 Å². The minimum atomic E-state index is -4.46. The Bertz CT molecular complexity index is 1450. The lowest BCUT2D eigenvalue weighted by Gasteiger charge is -2.36. The van der Waals surface area contributed by atoms with Gasteiger partial charge in [0.15, 0.2) is 0 Å². The molecule has 0 unspecified atom stereocenters. The van der Waals surface area contributed by atoms with Gasteiger partial charge in [-0.05, 0) is 48.4 Å². The van der Waals surface area contributed by atoms with Crippen LogP contribution in [-0.2, 0) is 18.0 Å². The van der Waals surface area contributed by atoms with Crippen molar-refractivity contribution in [2.24, 2.45) is 7.05 Å². The van der Waals surface area contributed by atoms with Crippen molar-refractivity contribution < 1.29 is 22.7 Å². The molecular formula is C24H22F3N5O2. The number of nitrogen functional groups attached to an aromatic ring is 1. The molecule has 2 N–H and O–H groups in total. The Morgan fingerprint density at radius 2 is 1.94 bits per heavy atom. The molecule has 7 nitrogen and oxygen atoms in total. The van der Waals surface area contributed by atoms with Gasteiger partial charge in [-0.2, -0.15) is 18.3 Å². The molecule has 2 aromatic heterocycles. The van der Waals surface area contributed by atoms with Crippen LogP contribution in [0, 0.1) is 0 Å². The number of nitrogens with two attached hydrogens (primary N) is 1. The van der Waals surface area contributed by atoms with E-state index in [9.17, 15) is 18.0 Å². The van der Waals surface area contributed by atoms with Crippen LogP contribution in [0.15, 0.2) is 42.6 Å². The van der Waals surface area contributed by atoms with E-state index in [2.05, 4.69) is 10.1 Å². The van der Waals surface area contributed by atoms with Crippen LogP contribution in [0.1, 0.15) is 46.1 Å². The molecule has 0 saturated heterocycles. The second-order valence-corrected chi connectivity index (χ2v) is 8.51. The summed E-state index contributed by atoms with van der Waals surface area (Å²) in [6.45, 7) is 1.89. The molecule has 10 heteroatoms. The zero-order valence-corrected chi connectivity index (χ0v) is 18.7. The van der Waals surface area contributed by atoms with Gasteiger partial charge in [0.2, 0.25) is 0 Å². The van der Waals surface area contributed by atoms with Crippen LogP contribution in [0.25, 0.3) is 21.8 Å². The van der Waals surface area contributed by atoms with Crippen molar-refractivity contribution in [1.29, 1.82) is 0 Å². The minimum Gasteiger partial charge on any atom is -0.383 e. The highest BCUT2D eigenvalue weighted by Gasteiger charge is 2.36. The van der Waals surface area contributed by atoms with Gasteiger partial charge >= 0.3 is 6.18 Å². The first kappa shape index (κ1) is 22.1. The number of alkyl halides is 3. The van der Waals surface area contributed by atoms with E-state index in [4.69, 9.17) is 10.5 Å². The molecule has 0 radical (unpaired) electrons. The van der Waals surface area contributed by atoms with Crippen LogP contribution in [-0.4, -0.2) is 39.2 Å². The molecule has 176 valence electrons. The molecule has 1 aliphatic rings. The maximum atomic E-state index is 13.5. The fourth-order valence-electron chi connectivity index (χ4n) is 4.58. The lowest BCUT2D eigenvalue weighted by molar-refractivity contribution is -0.137. The third-order valence-corrected chi connectivity index (χ3v) is 6.46. The Hall–Kier alpha value is -3.66. The average molecular weight is 469 g/mol. The molecule has 1 aliphatic heterocycles. The summed E-state index contributed by atoms with van der Waals surface area (Å²) in [6.07, 6.45) is -3.33. The Labute approximate surface area is 192 Å². The smallest absolute Gasteiger partial charge is 0.383 e. The summed E-state index contributed by atoms with van der Waals surface area (Å²) < 4.78 is 47.1. The first-order valence-electron chi connectivity index (χ1n) is 10.7. The number of halogens is 3. The number of hydrogen-bond acceptors (Lipinski definition) is 5. The van der Waals surface area contributed by atoms with Crippen molar-refractivity contribution in [2.45, 2.75) is 25.2 Å². The zero-order valence-electron chi connectivity index (χ0n) is 18.7. The number of likely N-dealkylation sites (N-methyl/N-ethyl adjacent to an activating group) is 1. The number of ether oxygens (including phenoxy) is 1. The molecular weight excluding hydrogens is 447 g/mol. The number of fused-ring (bicyclic) bond motifs is 4. The number of carbonyl (C=O) groups is 1. The second kappa shape index (κ2) is 7.69. The zero-order chi connectivity index (χ0) is 24.4. The monoisotopic (exact) mass is 469 g/mol. The first-order valence-corrected chi connectivity index (χ1v) is 10.7. The predicted molar refractivity (Wildman–Crippen MR) is 121 cm³/mol. The average Bonchev–Trinajstić information content (AvgIpc) is 3.20. The molecule has 4 aromatic rings. The van der Waals surface area contributed by atoms with E-state index in [1.165, 1.54) is 11.0 Å². The third kappa shape index (κ3) is 3.45. The van der Waals surface area contributed by atoms with E-state index in [-0.39, 0.29) is 12.5 Å². The van der Waals surface area contributed by atoms with E-state index in [1.807, 2.05) is 0 Å². The van der Waals surface area contributed by atoms with Crippen LogP contribution in [0.3, 0.4) is 0 Å². The van der Waals surface area contributed by atoms with Gasteiger partial charge in [-0.1, -0.05) is 6.07 Å². The summed E-state index contributed by atoms with van der Waals surface area (Å²) in [6, 6.07) is 8.20. The predicted octanol–water partition coefficient (Wildman–Crippen LogP) is 4.63. The minimum absolute atomic E-state index is 0.180. The van der Waals surface area contributed by atoms with E-state index in [1.54, 1.807) is 50.1 Å². The fourth-order valence-corrected chi connectivity index (χ4v) is 4.58. The summed E-state index contributed by atoms with van der Waals surface area (Å²) in [5.41, 5.74) is 8.20. The third-order valence-electron chi connectivity index (χ3n) is 6.46. The topological polar surface area (TPSA) is 86.3 Å². The standard InChI is InChI=1S/C24H22F3N5O2/c1-12-16-9-14(24(25,26)27)5-6-15(16)20(11-34-12)31(2)23(33)13-4-7-19-17(8-13)21-18(22(28)30-19)10-29-32(21)3/h4-10,12,20H,11H2,1-3H3,(H2,28,30)/t12-,20-/m1/s1. The van der Waals surface area contributed by atoms with E-state index in [0.29, 0.717) is 33.4 Å². The normalized spacial score (nSPS) is 18.3.